The first kappa shape index (κ1) is 19.8. The van der Waals surface area contributed by atoms with E-state index in [0.717, 1.165) is 11.1 Å². The van der Waals surface area contributed by atoms with Crippen molar-refractivity contribution in [1.29, 1.82) is 0 Å². The monoisotopic (exact) mass is 332 g/mol. The maximum atomic E-state index is 5.24. The van der Waals surface area contributed by atoms with Gasteiger partial charge in [0.2, 0.25) is 0 Å². The number of hydrogen-bond donors (Lipinski definition) is 0. The highest BCUT2D eigenvalue weighted by Gasteiger charge is 2.07. The molecule has 124 valence electrons. The largest absolute Gasteiger partial charge is 0.129 e. The molecule has 0 heterocycles. The minimum atomic E-state index is -1.24. The van der Waals surface area contributed by atoms with E-state index >= 15 is 0 Å². The molecule has 0 fully saturated rings. The second kappa shape index (κ2) is 8.58. The third-order valence-corrected chi connectivity index (χ3v) is 4.07. The van der Waals surface area contributed by atoms with Crippen LogP contribution in [0.4, 0.5) is 0 Å². The molecule has 0 radical (unpaired) electrons. The number of hydrogen-bond acceptors (Lipinski definition) is 0. The predicted octanol–water partition coefficient (Wildman–Crippen LogP) is 5.82. The smallest absolute Gasteiger partial charge is 0.127 e. The van der Waals surface area contributed by atoms with Crippen molar-refractivity contribution in [2.24, 2.45) is 0 Å². The molecule has 2 aromatic rings. The highest BCUT2D eigenvalue weighted by molar-refractivity contribution is 6.83. The summed E-state index contributed by atoms with van der Waals surface area (Å²) < 4.78 is 0. The van der Waals surface area contributed by atoms with Gasteiger partial charge in [-0.15, -0.1) is 12.0 Å². The Morgan fingerprint density at radius 3 is 1.38 bits per heavy atom. The summed E-state index contributed by atoms with van der Waals surface area (Å²) >= 11 is 0. The molecule has 0 aliphatic heterocycles. The highest BCUT2D eigenvalue weighted by atomic mass is 28.3. The van der Waals surface area contributed by atoms with Gasteiger partial charge in [-0.2, -0.15) is 0 Å². The molecule has 0 saturated heterocycles. The molecule has 0 spiro atoms. The molecule has 0 N–H and O–H groups in total. The fourth-order valence-electron chi connectivity index (χ4n) is 2.36. The Morgan fingerprint density at radius 2 is 1.04 bits per heavy atom. The van der Waals surface area contributed by atoms with Crippen molar-refractivity contribution in [3.63, 3.8) is 0 Å². The van der Waals surface area contributed by atoms with Gasteiger partial charge in [0.1, 0.15) is 8.07 Å². The molecule has 2 aromatic carbocycles. The molecular formula is C23H28Si. The molecule has 2 rings (SSSR count). The Bertz CT molecular complexity index is 762. The van der Waals surface area contributed by atoms with E-state index in [1.165, 1.54) is 22.3 Å². The minimum Gasteiger partial charge on any atom is -0.127 e. The van der Waals surface area contributed by atoms with Crippen LogP contribution in [0.3, 0.4) is 0 Å². The van der Waals surface area contributed by atoms with Crippen LogP contribution < -0.4 is 0 Å². The molecule has 0 amide bonds. The molecular weight excluding hydrogens is 304 g/mol. The van der Waals surface area contributed by atoms with Gasteiger partial charge in [0.05, 0.1) is 0 Å². The molecule has 24 heavy (non-hydrogen) atoms. The Morgan fingerprint density at radius 1 is 0.667 bits per heavy atom. The topological polar surface area (TPSA) is 0 Å². The van der Waals surface area contributed by atoms with E-state index in [2.05, 4.69) is 75.1 Å². The van der Waals surface area contributed by atoms with Crippen LogP contribution in [-0.4, -0.2) is 8.07 Å². The molecule has 0 nitrogen and oxygen atoms in total. The van der Waals surface area contributed by atoms with Gasteiger partial charge in [-0.25, -0.2) is 0 Å². The van der Waals surface area contributed by atoms with Gasteiger partial charge in [-0.3, -0.25) is 0 Å². The summed E-state index contributed by atoms with van der Waals surface area (Å²) in [6, 6.07) is 12.6. The third-order valence-electron chi connectivity index (χ3n) is 3.19. The van der Waals surface area contributed by atoms with Gasteiger partial charge in [0.15, 0.2) is 0 Å². The Hall–Kier alpha value is -2.22. The lowest BCUT2D eigenvalue weighted by molar-refractivity contribution is 1.37. The molecule has 0 saturated carbocycles. The van der Waals surface area contributed by atoms with Crippen LogP contribution in [0.25, 0.3) is 0 Å². The summed E-state index contributed by atoms with van der Waals surface area (Å²) in [5.41, 5.74) is 10.6. The molecule has 0 aromatic heterocycles. The van der Waals surface area contributed by atoms with Crippen LogP contribution in [0, 0.1) is 51.5 Å². The van der Waals surface area contributed by atoms with Crippen molar-refractivity contribution in [2.45, 2.75) is 47.3 Å². The number of terminal acetylenes is 1. The summed E-state index contributed by atoms with van der Waals surface area (Å²) in [7, 11) is -1.24. The van der Waals surface area contributed by atoms with Crippen molar-refractivity contribution < 1.29 is 0 Å². The molecule has 0 aliphatic rings. The third kappa shape index (κ3) is 7.86. The average molecular weight is 333 g/mol. The lowest BCUT2D eigenvalue weighted by Gasteiger charge is -2.04. The van der Waals surface area contributed by atoms with Gasteiger partial charge in [0.25, 0.3) is 0 Å². The van der Waals surface area contributed by atoms with Crippen molar-refractivity contribution in [3.8, 4) is 23.8 Å². The van der Waals surface area contributed by atoms with Gasteiger partial charge in [-0.05, 0) is 74.2 Å². The van der Waals surface area contributed by atoms with Crippen molar-refractivity contribution in [1.82, 2.24) is 0 Å². The lowest BCUT2D eigenvalue weighted by atomic mass is 10.1. The Kier molecular flexibility index (Phi) is 7.09. The maximum absolute atomic E-state index is 5.24. The van der Waals surface area contributed by atoms with Gasteiger partial charge in [0, 0.05) is 11.1 Å². The zero-order chi connectivity index (χ0) is 18.3. The van der Waals surface area contributed by atoms with Crippen molar-refractivity contribution >= 4 is 8.07 Å². The lowest BCUT2D eigenvalue weighted by Crippen LogP contribution is -2.16. The second-order valence-electron chi connectivity index (χ2n) is 7.40. The molecule has 0 aliphatic carbocycles. The van der Waals surface area contributed by atoms with Crippen LogP contribution in [0.1, 0.15) is 33.4 Å². The molecule has 1 heteroatoms. The summed E-state index contributed by atoms with van der Waals surface area (Å²) in [5, 5.41) is 0. The minimum absolute atomic E-state index is 0.970. The Labute approximate surface area is 149 Å². The molecule has 0 atom stereocenters. The van der Waals surface area contributed by atoms with Crippen LogP contribution in [0.15, 0.2) is 36.4 Å². The van der Waals surface area contributed by atoms with E-state index < -0.39 is 8.07 Å². The van der Waals surface area contributed by atoms with Crippen LogP contribution >= 0.6 is 0 Å². The Balaban J connectivity index is 0.000000254. The molecule has 0 bridgehead atoms. The normalized spacial score (nSPS) is 9.92. The maximum Gasteiger partial charge on any atom is 0.129 e. The van der Waals surface area contributed by atoms with Crippen LogP contribution in [0.2, 0.25) is 19.6 Å². The quantitative estimate of drug-likeness (QED) is 0.421. The first-order valence-electron chi connectivity index (χ1n) is 8.25. The first-order chi connectivity index (χ1) is 11.1. The van der Waals surface area contributed by atoms with Crippen molar-refractivity contribution in [3.05, 3.63) is 69.8 Å². The van der Waals surface area contributed by atoms with Gasteiger partial charge >= 0.3 is 0 Å². The van der Waals surface area contributed by atoms with Gasteiger partial charge in [-0.1, -0.05) is 43.6 Å². The van der Waals surface area contributed by atoms with Crippen LogP contribution in [0.5, 0.6) is 0 Å². The van der Waals surface area contributed by atoms with E-state index in [-0.39, 0.29) is 0 Å². The number of aryl methyl sites for hydroxylation is 4. The number of rotatable bonds is 0. The second-order valence-corrected chi connectivity index (χ2v) is 12.1. The first-order valence-corrected chi connectivity index (χ1v) is 11.8. The zero-order valence-electron chi connectivity index (χ0n) is 16.0. The fourth-order valence-corrected chi connectivity index (χ4v) is 2.88. The predicted molar refractivity (Wildman–Crippen MR) is 110 cm³/mol. The SMILES string of the molecule is C#Cc1cc(C)cc(C)c1.Cc1cc(C)cc(C#C[Si](C)(C)C)c1. The van der Waals surface area contributed by atoms with Gasteiger partial charge < -0.3 is 0 Å². The fraction of sp³-hybridized carbons (Fsp3) is 0.304. The average Bonchev–Trinajstić information content (AvgIpc) is 2.43. The summed E-state index contributed by atoms with van der Waals surface area (Å²) in [6.45, 7) is 15.1. The standard InChI is InChI=1S/C13H18Si.C10H10/c1-11-8-12(2)10-13(9-11)6-7-14(3,4)5;1-4-10-6-8(2)5-9(3)7-10/h8-10H,1-5H3;1,5-7H,2-3H3. The van der Waals surface area contributed by atoms with E-state index in [1.54, 1.807) is 0 Å². The summed E-state index contributed by atoms with van der Waals surface area (Å²) in [6.07, 6.45) is 5.24. The number of benzene rings is 2. The van der Waals surface area contributed by atoms with Crippen molar-refractivity contribution in [2.75, 3.05) is 0 Å². The highest BCUT2D eigenvalue weighted by Crippen LogP contribution is 2.08. The zero-order valence-corrected chi connectivity index (χ0v) is 17.0. The van der Waals surface area contributed by atoms with E-state index in [1.807, 2.05) is 26.0 Å². The molecule has 0 unspecified atom stereocenters. The van der Waals surface area contributed by atoms with Crippen LogP contribution in [-0.2, 0) is 0 Å². The summed E-state index contributed by atoms with van der Waals surface area (Å²) in [5.74, 6) is 5.89. The van der Waals surface area contributed by atoms with E-state index in [4.69, 9.17) is 6.42 Å². The summed E-state index contributed by atoms with van der Waals surface area (Å²) in [4.78, 5) is 0. The van der Waals surface area contributed by atoms with E-state index in [9.17, 15) is 0 Å². The van der Waals surface area contributed by atoms with E-state index in [0.29, 0.717) is 0 Å².